The molecule has 1 fully saturated rings. The molecule has 2 amide bonds. The van der Waals surface area contributed by atoms with E-state index >= 15 is 0 Å². The molecule has 1 heterocycles. The number of rotatable bonds is 1. The molecule has 1 saturated heterocycles. The average Bonchev–Trinajstić information content (AvgIpc) is 2.25. The predicted molar refractivity (Wildman–Crippen MR) is 62.4 cm³/mol. The van der Waals surface area contributed by atoms with Gasteiger partial charge in [0.1, 0.15) is 17.9 Å². The first-order valence-corrected chi connectivity index (χ1v) is 5.67. The average molecular weight is 258 g/mol. The van der Waals surface area contributed by atoms with E-state index in [9.17, 15) is 14.4 Å². The topological polar surface area (TPSA) is 87.2 Å². The van der Waals surface area contributed by atoms with Gasteiger partial charge in [-0.05, 0) is 20.8 Å². The van der Waals surface area contributed by atoms with Gasteiger partial charge in [-0.1, -0.05) is 0 Å². The van der Waals surface area contributed by atoms with Crippen LogP contribution in [-0.2, 0) is 9.53 Å². The van der Waals surface area contributed by atoms with Crippen LogP contribution in [0.2, 0.25) is 0 Å². The van der Waals surface area contributed by atoms with Crippen molar-refractivity contribution >= 4 is 18.5 Å². The van der Waals surface area contributed by atoms with E-state index in [1.165, 1.54) is 4.90 Å². The van der Waals surface area contributed by atoms with Crippen LogP contribution in [0.15, 0.2) is 0 Å². The summed E-state index contributed by atoms with van der Waals surface area (Å²) in [7, 11) is 0. The Kier molecular flexibility index (Phi) is 4.15. The van der Waals surface area contributed by atoms with Crippen molar-refractivity contribution in [2.75, 3.05) is 19.6 Å². The van der Waals surface area contributed by atoms with Gasteiger partial charge in [-0.15, -0.1) is 0 Å². The standard InChI is InChI=1S/C11H18N2O5/c1-11(2,3)18-10(17)12-4-5-13(9(15)16)8(6-12)7-14/h7-8H,4-6H2,1-3H3,(H,15,16). The third-order valence-electron chi connectivity index (χ3n) is 2.47. The summed E-state index contributed by atoms with van der Waals surface area (Å²) >= 11 is 0. The van der Waals surface area contributed by atoms with E-state index in [4.69, 9.17) is 9.84 Å². The van der Waals surface area contributed by atoms with Crippen LogP contribution in [0.3, 0.4) is 0 Å². The molecule has 1 rings (SSSR count). The number of aldehydes is 1. The number of hydrogen-bond donors (Lipinski definition) is 1. The van der Waals surface area contributed by atoms with E-state index in [2.05, 4.69) is 0 Å². The van der Waals surface area contributed by atoms with Crippen molar-refractivity contribution in [2.24, 2.45) is 0 Å². The first-order chi connectivity index (χ1) is 8.24. The Morgan fingerprint density at radius 3 is 2.39 bits per heavy atom. The molecular weight excluding hydrogens is 240 g/mol. The van der Waals surface area contributed by atoms with Gasteiger partial charge in [-0.2, -0.15) is 0 Å². The van der Waals surface area contributed by atoms with Crippen LogP contribution in [-0.4, -0.2) is 64.7 Å². The molecule has 7 nitrogen and oxygen atoms in total. The second-order valence-corrected chi connectivity index (χ2v) is 5.11. The van der Waals surface area contributed by atoms with Gasteiger partial charge in [0, 0.05) is 13.1 Å². The maximum Gasteiger partial charge on any atom is 0.410 e. The lowest BCUT2D eigenvalue weighted by atomic mass is 10.2. The molecule has 1 unspecified atom stereocenters. The molecule has 1 atom stereocenters. The van der Waals surface area contributed by atoms with Gasteiger partial charge in [0.05, 0.1) is 6.54 Å². The zero-order chi connectivity index (χ0) is 13.9. The van der Waals surface area contributed by atoms with Crippen molar-refractivity contribution in [1.82, 2.24) is 9.80 Å². The fourth-order valence-corrected chi connectivity index (χ4v) is 1.66. The molecule has 1 aliphatic heterocycles. The van der Waals surface area contributed by atoms with Crippen LogP contribution in [0.5, 0.6) is 0 Å². The summed E-state index contributed by atoms with van der Waals surface area (Å²) in [5.41, 5.74) is -0.613. The Morgan fingerprint density at radius 2 is 1.94 bits per heavy atom. The number of hydrogen-bond acceptors (Lipinski definition) is 4. The maximum absolute atomic E-state index is 11.8. The first kappa shape index (κ1) is 14.3. The zero-order valence-electron chi connectivity index (χ0n) is 10.8. The van der Waals surface area contributed by atoms with Gasteiger partial charge in [0.2, 0.25) is 0 Å². The second kappa shape index (κ2) is 5.24. The Labute approximate surface area is 105 Å². The van der Waals surface area contributed by atoms with Gasteiger partial charge in [-0.25, -0.2) is 9.59 Å². The summed E-state index contributed by atoms with van der Waals surface area (Å²) in [6.07, 6.45) is -1.15. The summed E-state index contributed by atoms with van der Waals surface area (Å²) in [6.45, 7) is 5.61. The molecule has 0 saturated carbocycles. The van der Waals surface area contributed by atoms with Crippen LogP contribution in [0, 0.1) is 0 Å². The summed E-state index contributed by atoms with van der Waals surface area (Å²) in [4.78, 5) is 35.9. The van der Waals surface area contributed by atoms with Crippen LogP contribution in [0.4, 0.5) is 9.59 Å². The molecule has 1 aliphatic rings. The number of piperazine rings is 1. The minimum atomic E-state index is -1.16. The number of carbonyl (C=O) groups is 3. The van der Waals surface area contributed by atoms with E-state index < -0.39 is 23.8 Å². The Morgan fingerprint density at radius 1 is 1.33 bits per heavy atom. The largest absolute Gasteiger partial charge is 0.465 e. The summed E-state index contributed by atoms with van der Waals surface area (Å²) < 4.78 is 5.17. The lowest BCUT2D eigenvalue weighted by Gasteiger charge is -2.37. The van der Waals surface area contributed by atoms with E-state index in [1.54, 1.807) is 20.8 Å². The number of carboxylic acid groups (broad SMARTS) is 1. The highest BCUT2D eigenvalue weighted by molar-refractivity contribution is 5.74. The third kappa shape index (κ3) is 3.61. The Hall–Kier alpha value is -1.79. The highest BCUT2D eigenvalue weighted by Gasteiger charge is 2.33. The van der Waals surface area contributed by atoms with E-state index in [1.807, 2.05) is 0 Å². The number of amides is 2. The molecule has 1 N–H and O–H groups in total. The second-order valence-electron chi connectivity index (χ2n) is 5.11. The van der Waals surface area contributed by atoms with Gasteiger partial charge in [0.15, 0.2) is 0 Å². The zero-order valence-corrected chi connectivity index (χ0v) is 10.8. The minimum Gasteiger partial charge on any atom is -0.465 e. The van der Waals surface area contributed by atoms with E-state index in [0.717, 1.165) is 4.90 Å². The third-order valence-corrected chi connectivity index (χ3v) is 2.47. The molecule has 102 valence electrons. The SMILES string of the molecule is CC(C)(C)OC(=O)N1CCN(C(=O)O)C(C=O)C1. The monoisotopic (exact) mass is 258 g/mol. The Bertz CT molecular complexity index is 350. The molecule has 0 spiro atoms. The van der Waals surface area contributed by atoms with Gasteiger partial charge < -0.3 is 19.5 Å². The van der Waals surface area contributed by atoms with Crippen molar-refractivity contribution in [3.63, 3.8) is 0 Å². The molecule has 0 aliphatic carbocycles. The predicted octanol–water partition coefficient (Wildman–Crippen LogP) is 0.785. The Balaban J connectivity index is 2.65. The highest BCUT2D eigenvalue weighted by atomic mass is 16.6. The molecule has 18 heavy (non-hydrogen) atoms. The summed E-state index contributed by atoms with van der Waals surface area (Å²) in [6, 6.07) is -0.830. The van der Waals surface area contributed by atoms with E-state index in [0.29, 0.717) is 6.29 Å². The normalized spacial score (nSPS) is 20.5. The van der Waals surface area contributed by atoms with Crippen LogP contribution < -0.4 is 0 Å². The van der Waals surface area contributed by atoms with Crippen molar-refractivity contribution < 1.29 is 24.2 Å². The molecule has 0 aromatic carbocycles. The van der Waals surface area contributed by atoms with Gasteiger partial charge >= 0.3 is 12.2 Å². The fourth-order valence-electron chi connectivity index (χ4n) is 1.66. The van der Waals surface area contributed by atoms with Crippen molar-refractivity contribution in [2.45, 2.75) is 32.4 Å². The number of carbonyl (C=O) groups excluding carboxylic acids is 2. The van der Waals surface area contributed by atoms with Gasteiger partial charge in [-0.3, -0.25) is 4.90 Å². The van der Waals surface area contributed by atoms with Crippen LogP contribution >= 0.6 is 0 Å². The van der Waals surface area contributed by atoms with E-state index in [-0.39, 0.29) is 19.6 Å². The van der Waals surface area contributed by atoms with Crippen molar-refractivity contribution in [3.05, 3.63) is 0 Å². The molecule has 0 aromatic heterocycles. The quantitative estimate of drug-likeness (QED) is 0.702. The molecule has 7 heteroatoms. The van der Waals surface area contributed by atoms with Gasteiger partial charge in [0.25, 0.3) is 0 Å². The smallest absolute Gasteiger partial charge is 0.410 e. The minimum absolute atomic E-state index is 0.0325. The summed E-state index contributed by atoms with van der Waals surface area (Å²) in [5.74, 6) is 0. The maximum atomic E-state index is 11.8. The molecule has 0 aromatic rings. The molecule has 0 bridgehead atoms. The fraction of sp³-hybridized carbons (Fsp3) is 0.727. The number of nitrogens with zero attached hydrogens (tertiary/aromatic N) is 2. The molecule has 0 radical (unpaired) electrons. The van der Waals surface area contributed by atoms with Crippen molar-refractivity contribution in [3.8, 4) is 0 Å². The number of ether oxygens (including phenoxy) is 1. The lowest BCUT2D eigenvalue weighted by molar-refractivity contribution is -0.113. The summed E-state index contributed by atoms with van der Waals surface area (Å²) in [5, 5.41) is 8.88. The molecular formula is C11H18N2O5. The first-order valence-electron chi connectivity index (χ1n) is 5.67. The highest BCUT2D eigenvalue weighted by Crippen LogP contribution is 2.14. The van der Waals surface area contributed by atoms with Crippen LogP contribution in [0.25, 0.3) is 0 Å². The van der Waals surface area contributed by atoms with Crippen molar-refractivity contribution in [1.29, 1.82) is 0 Å². The lowest BCUT2D eigenvalue weighted by Crippen LogP contribution is -2.57. The van der Waals surface area contributed by atoms with Crippen LogP contribution in [0.1, 0.15) is 20.8 Å².